The maximum atomic E-state index is 11.3. The SMILES string of the molecule is C=CCc1ccccc1C(=NOS(C)(=O)=O)c1ccccc1. The fourth-order valence-corrected chi connectivity index (χ4v) is 2.25. The lowest BCUT2D eigenvalue weighted by molar-refractivity contribution is 0.343. The fourth-order valence-electron chi connectivity index (χ4n) is 2.04. The van der Waals surface area contributed by atoms with E-state index in [1.54, 1.807) is 6.08 Å². The number of hydrogen-bond acceptors (Lipinski definition) is 4. The molecule has 114 valence electrons. The highest BCUT2D eigenvalue weighted by Crippen LogP contribution is 2.17. The van der Waals surface area contributed by atoms with Crippen LogP contribution in [-0.4, -0.2) is 20.4 Å². The third-order valence-corrected chi connectivity index (χ3v) is 3.29. The van der Waals surface area contributed by atoms with E-state index in [0.29, 0.717) is 12.1 Å². The molecule has 0 N–H and O–H groups in total. The maximum Gasteiger partial charge on any atom is 0.325 e. The molecule has 0 fully saturated rings. The van der Waals surface area contributed by atoms with Gasteiger partial charge in [0, 0.05) is 11.1 Å². The third-order valence-electron chi connectivity index (χ3n) is 2.95. The highest BCUT2D eigenvalue weighted by Gasteiger charge is 2.13. The Balaban J connectivity index is 2.57. The molecule has 22 heavy (non-hydrogen) atoms. The van der Waals surface area contributed by atoms with Crippen LogP contribution < -0.4 is 0 Å². The molecule has 0 unspecified atom stereocenters. The van der Waals surface area contributed by atoms with Gasteiger partial charge in [-0.15, -0.1) is 6.58 Å². The number of hydrogen-bond donors (Lipinski definition) is 0. The second kappa shape index (κ2) is 7.04. The molecule has 0 saturated heterocycles. The van der Waals surface area contributed by atoms with Gasteiger partial charge < -0.3 is 0 Å². The summed E-state index contributed by atoms with van der Waals surface area (Å²) in [6.07, 6.45) is 3.41. The predicted octanol–water partition coefficient (Wildman–Crippen LogP) is 3.14. The van der Waals surface area contributed by atoms with Crippen LogP contribution in [0.5, 0.6) is 0 Å². The van der Waals surface area contributed by atoms with Gasteiger partial charge in [0.05, 0.1) is 6.26 Å². The monoisotopic (exact) mass is 315 g/mol. The first-order chi connectivity index (χ1) is 10.5. The standard InChI is InChI=1S/C17H17NO3S/c1-3-9-14-10-7-8-13-16(14)17(18-21-22(2,19)20)15-11-5-4-6-12-15/h3-8,10-13H,1,9H2,2H3. The molecule has 0 aliphatic rings. The first-order valence-corrected chi connectivity index (χ1v) is 8.54. The summed E-state index contributed by atoms with van der Waals surface area (Å²) in [5, 5.41) is 3.87. The molecule has 0 aromatic heterocycles. The van der Waals surface area contributed by atoms with Gasteiger partial charge in [-0.1, -0.05) is 65.8 Å². The zero-order valence-electron chi connectivity index (χ0n) is 12.3. The van der Waals surface area contributed by atoms with E-state index in [2.05, 4.69) is 16.0 Å². The Bertz CT molecular complexity index is 781. The van der Waals surface area contributed by atoms with E-state index in [4.69, 9.17) is 0 Å². The average Bonchev–Trinajstić information content (AvgIpc) is 2.49. The van der Waals surface area contributed by atoms with Crippen LogP contribution in [-0.2, 0) is 20.8 Å². The van der Waals surface area contributed by atoms with Crippen LogP contribution in [0.3, 0.4) is 0 Å². The topological polar surface area (TPSA) is 55.7 Å². The summed E-state index contributed by atoms with van der Waals surface area (Å²) in [5.74, 6) is 0. The van der Waals surface area contributed by atoms with Gasteiger partial charge in [0.2, 0.25) is 0 Å². The number of benzene rings is 2. The van der Waals surface area contributed by atoms with Crippen LogP contribution in [0.2, 0.25) is 0 Å². The van der Waals surface area contributed by atoms with Crippen LogP contribution in [0.25, 0.3) is 0 Å². The van der Waals surface area contributed by atoms with Crippen LogP contribution in [0.4, 0.5) is 0 Å². The summed E-state index contributed by atoms with van der Waals surface area (Å²) >= 11 is 0. The van der Waals surface area contributed by atoms with E-state index < -0.39 is 10.1 Å². The highest BCUT2D eigenvalue weighted by molar-refractivity contribution is 7.85. The predicted molar refractivity (Wildman–Crippen MR) is 88.4 cm³/mol. The summed E-state index contributed by atoms with van der Waals surface area (Å²) < 4.78 is 27.2. The van der Waals surface area contributed by atoms with Crippen LogP contribution in [0.1, 0.15) is 16.7 Å². The average molecular weight is 315 g/mol. The minimum Gasteiger partial charge on any atom is -0.268 e. The second-order valence-corrected chi connectivity index (χ2v) is 6.29. The highest BCUT2D eigenvalue weighted by atomic mass is 32.2. The maximum absolute atomic E-state index is 11.3. The van der Waals surface area contributed by atoms with E-state index in [0.717, 1.165) is 22.9 Å². The number of allylic oxidation sites excluding steroid dienone is 1. The minimum atomic E-state index is -3.67. The van der Waals surface area contributed by atoms with E-state index in [1.165, 1.54) is 0 Å². The molecule has 0 radical (unpaired) electrons. The Morgan fingerprint density at radius 1 is 1.14 bits per heavy atom. The zero-order valence-corrected chi connectivity index (χ0v) is 13.1. The molecule has 0 amide bonds. The lowest BCUT2D eigenvalue weighted by Gasteiger charge is -2.11. The molecule has 0 atom stereocenters. The Morgan fingerprint density at radius 2 is 1.77 bits per heavy atom. The van der Waals surface area contributed by atoms with Crippen LogP contribution in [0, 0.1) is 0 Å². The number of nitrogens with zero attached hydrogens (tertiary/aromatic N) is 1. The second-order valence-electron chi connectivity index (χ2n) is 4.73. The van der Waals surface area contributed by atoms with Crippen molar-refractivity contribution >= 4 is 15.8 Å². The molecule has 2 aromatic carbocycles. The van der Waals surface area contributed by atoms with Crippen LogP contribution >= 0.6 is 0 Å². The minimum absolute atomic E-state index is 0.475. The summed E-state index contributed by atoms with van der Waals surface area (Å²) in [7, 11) is -3.67. The number of oxime groups is 1. The molecule has 0 heterocycles. The first-order valence-electron chi connectivity index (χ1n) is 6.72. The third kappa shape index (κ3) is 4.30. The van der Waals surface area contributed by atoms with Gasteiger partial charge in [0.1, 0.15) is 5.71 Å². The van der Waals surface area contributed by atoms with Crippen molar-refractivity contribution < 1.29 is 12.7 Å². The molecule has 0 aliphatic carbocycles. The van der Waals surface area contributed by atoms with E-state index >= 15 is 0 Å². The lowest BCUT2D eigenvalue weighted by atomic mass is 9.96. The number of rotatable bonds is 6. The van der Waals surface area contributed by atoms with Crippen molar-refractivity contribution in [2.24, 2.45) is 5.16 Å². The molecule has 2 aromatic rings. The Morgan fingerprint density at radius 3 is 2.41 bits per heavy atom. The molecule has 0 bridgehead atoms. The van der Waals surface area contributed by atoms with Gasteiger partial charge in [-0.05, 0) is 12.0 Å². The van der Waals surface area contributed by atoms with Crippen molar-refractivity contribution in [1.29, 1.82) is 0 Å². The molecule has 4 nitrogen and oxygen atoms in total. The quantitative estimate of drug-likeness (QED) is 0.467. The van der Waals surface area contributed by atoms with Crippen molar-refractivity contribution in [3.05, 3.63) is 83.9 Å². The zero-order chi connectivity index (χ0) is 16.0. The Labute approximate surface area is 130 Å². The van der Waals surface area contributed by atoms with E-state index in [1.807, 2.05) is 54.6 Å². The molecule has 0 aliphatic heterocycles. The molecule has 5 heteroatoms. The van der Waals surface area contributed by atoms with Gasteiger partial charge in [-0.3, -0.25) is 4.28 Å². The van der Waals surface area contributed by atoms with Crippen molar-refractivity contribution in [2.75, 3.05) is 6.26 Å². The molecule has 0 spiro atoms. The Hall–Kier alpha value is -2.40. The summed E-state index contributed by atoms with van der Waals surface area (Å²) in [6, 6.07) is 17.0. The Kier molecular flexibility index (Phi) is 5.12. The fraction of sp³-hybridized carbons (Fsp3) is 0.118. The van der Waals surface area contributed by atoms with Crippen LogP contribution in [0.15, 0.2) is 72.4 Å². The van der Waals surface area contributed by atoms with Gasteiger partial charge >= 0.3 is 10.1 Å². The first kappa shape index (κ1) is 16.0. The summed E-state index contributed by atoms with van der Waals surface area (Å²) in [5.41, 5.74) is 3.07. The van der Waals surface area contributed by atoms with Crippen molar-refractivity contribution in [1.82, 2.24) is 0 Å². The van der Waals surface area contributed by atoms with Gasteiger partial charge in [0.15, 0.2) is 0 Å². The molecule has 0 saturated carbocycles. The molecular weight excluding hydrogens is 298 g/mol. The van der Waals surface area contributed by atoms with Crippen molar-refractivity contribution in [3.63, 3.8) is 0 Å². The van der Waals surface area contributed by atoms with Gasteiger partial charge in [-0.25, -0.2) is 0 Å². The van der Waals surface area contributed by atoms with Gasteiger partial charge in [-0.2, -0.15) is 8.42 Å². The molecular formula is C17H17NO3S. The lowest BCUT2D eigenvalue weighted by Crippen LogP contribution is -2.09. The van der Waals surface area contributed by atoms with E-state index in [9.17, 15) is 8.42 Å². The van der Waals surface area contributed by atoms with Crippen molar-refractivity contribution in [2.45, 2.75) is 6.42 Å². The normalized spacial score (nSPS) is 12.0. The molecule has 2 rings (SSSR count). The summed E-state index contributed by atoms with van der Waals surface area (Å²) in [6.45, 7) is 3.75. The summed E-state index contributed by atoms with van der Waals surface area (Å²) in [4.78, 5) is 0. The smallest absolute Gasteiger partial charge is 0.268 e. The van der Waals surface area contributed by atoms with Gasteiger partial charge in [0.25, 0.3) is 0 Å². The van der Waals surface area contributed by atoms with E-state index in [-0.39, 0.29) is 0 Å². The largest absolute Gasteiger partial charge is 0.325 e. The van der Waals surface area contributed by atoms with Crippen molar-refractivity contribution in [3.8, 4) is 0 Å².